The summed E-state index contributed by atoms with van der Waals surface area (Å²) in [4.78, 5) is 11.1. The van der Waals surface area contributed by atoms with Gasteiger partial charge < -0.3 is 15.2 Å². The van der Waals surface area contributed by atoms with E-state index in [-0.39, 0.29) is 12.6 Å². The van der Waals surface area contributed by atoms with Crippen molar-refractivity contribution in [2.75, 3.05) is 26.3 Å². The molecule has 0 aliphatic rings. The van der Waals surface area contributed by atoms with Crippen LogP contribution in [-0.2, 0) is 9.53 Å². The standard InChI is InChI=1S/C15H31NO3/c1-3-8-14(10-12-17)13-16-11-7-5-6-9-15(18)19-4-2/h14,16-17H,3-13H2,1-2H3. The summed E-state index contributed by atoms with van der Waals surface area (Å²) in [5.74, 6) is 0.510. The zero-order chi connectivity index (χ0) is 14.3. The molecular weight excluding hydrogens is 242 g/mol. The molecule has 0 radical (unpaired) electrons. The lowest BCUT2D eigenvalue weighted by Crippen LogP contribution is -2.24. The van der Waals surface area contributed by atoms with E-state index in [0.29, 0.717) is 18.9 Å². The normalized spacial score (nSPS) is 12.4. The lowest BCUT2D eigenvalue weighted by atomic mass is 10.0. The summed E-state index contributed by atoms with van der Waals surface area (Å²) in [6, 6.07) is 0. The first-order valence-corrected chi connectivity index (χ1v) is 7.71. The molecule has 1 atom stereocenters. The van der Waals surface area contributed by atoms with Crippen molar-refractivity contribution >= 4 is 5.97 Å². The number of hydrogen-bond donors (Lipinski definition) is 2. The summed E-state index contributed by atoms with van der Waals surface area (Å²) in [5.41, 5.74) is 0. The molecule has 4 nitrogen and oxygen atoms in total. The molecule has 2 N–H and O–H groups in total. The SMILES string of the molecule is CCCC(CCO)CNCCCCCC(=O)OCC. The summed E-state index contributed by atoms with van der Waals surface area (Å²) in [5, 5.41) is 12.4. The second-order valence-corrected chi connectivity index (χ2v) is 4.99. The van der Waals surface area contributed by atoms with E-state index in [1.807, 2.05) is 6.92 Å². The second kappa shape index (κ2) is 13.8. The Bertz CT molecular complexity index is 204. The zero-order valence-corrected chi connectivity index (χ0v) is 12.6. The van der Waals surface area contributed by atoms with Gasteiger partial charge in [-0.15, -0.1) is 0 Å². The summed E-state index contributed by atoms with van der Waals surface area (Å²) >= 11 is 0. The number of aliphatic hydroxyl groups excluding tert-OH is 1. The fourth-order valence-corrected chi connectivity index (χ4v) is 2.17. The molecule has 0 aromatic rings. The third-order valence-corrected chi connectivity index (χ3v) is 3.21. The zero-order valence-electron chi connectivity index (χ0n) is 12.6. The molecule has 0 amide bonds. The van der Waals surface area contributed by atoms with Crippen LogP contribution < -0.4 is 5.32 Å². The molecule has 1 unspecified atom stereocenters. The van der Waals surface area contributed by atoms with Crippen molar-refractivity contribution in [3.05, 3.63) is 0 Å². The van der Waals surface area contributed by atoms with Crippen molar-refractivity contribution in [3.63, 3.8) is 0 Å². The molecule has 0 aromatic carbocycles. The largest absolute Gasteiger partial charge is 0.466 e. The number of rotatable bonds is 13. The number of unbranched alkanes of at least 4 members (excludes halogenated alkanes) is 2. The van der Waals surface area contributed by atoms with Gasteiger partial charge in [-0.2, -0.15) is 0 Å². The van der Waals surface area contributed by atoms with Crippen LogP contribution >= 0.6 is 0 Å². The predicted molar refractivity (Wildman–Crippen MR) is 78.1 cm³/mol. The van der Waals surface area contributed by atoms with Crippen molar-refractivity contribution in [2.24, 2.45) is 5.92 Å². The lowest BCUT2D eigenvalue weighted by molar-refractivity contribution is -0.143. The molecule has 0 rings (SSSR count). The van der Waals surface area contributed by atoms with E-state index in [0.717, 1.165) is 38.8 Å². The smallest absolute Gasteiger partial charge is 0.305 e. The van der Waals surface area contributed by atoms with Gasteiger partial charge in [0.15, 0.2) is 0 Å². The predicted octanol–water partition coefficient (Wildman–Crippen LogP) is 2.50. The fourth-order valence-electron chi connectivity index (χ4n) is 2.17. The van der Waals surface area contributed by atoms with Gasteiger partial charge in [0.25, 0.3) is 0 Å². The summed E-state index contributed by atoms with van der Waals surface area (Å²) in [6.45, 7) is 6.76. The highest BCUT2D eigenvalue weighted by Crippen LogP contribution is 2.09. The van der Waals surface area contributed by atoms with Gasteiger partial charge in [-0.25, -0.2) is 0 Å². The van der Waals surface area contributed by atoms with Gasteiger partial charge in [0.2, 0.25) is 0 Å². The van der Waals surface area contributed by atoms with Crippen molar-refractivity contribution in [1.29, 1.82) is 0 Å². The Hall–Kier alpha value is -0.610. The van der Waals surface area contributed by atoms with Gasteiger partial charge in [0.05, 0.1) is 6.61 Å². The van der Waals surface area contributed by atoms with Crippen LogP contribution in [0.1, 0.15) is 58.8 Å². The highest BCUT2D eigenvalue weighted by atomic mass is 16.5. The molecule has 0 aromatic heterocycles. The Labute approximate surface area is 117 Å². The van der Waals surface area contributed by atoms with Gasteiger partial charge in [0, 0.05) is 13.0 Å². The maximum atomic E-state index is 11.1. The van der Waals surface area contributed by atoms with Crippen LogP contribution in [0.5, 0.6) is 0 Å². The number of esters is 1. The van der Waals surface area contributed by atoms with Crippen molar-refractivity contribution in [1.82, 2.24) is 5.32 Å². The molecule has 0 fully saturated rings. The van der Waals surface area contributed by atoms with Crippen LogP contribution in [0.2, 0.25) is 0 Å². The van der Waals surface area contributed by atoms with Crippen LogP contribution in [0, 0.1) is 5.92 Å². The van der Waals surface area contributed by atoms with E-state index in [4.69, 9.17) is 9.84 Å². The van der Waals surface area contributed by atoms with Crippen molar-refractivity contribution in [3.8, 4) is 0 Å². The average molecular weight is 273 g/mol. The summed E-state index contributed by atoms with van der Waals surface area (Å²) in [7, 11) is 0. The molecule has 0 heterocycles. The summed E-state index contributed by atoms with van der Waals surface area (Å²) < 4.78 is 4.88. The Morgan fingerprint density at radius 1 is 1.21 bits per heavy atom. The second-order valence-electron chi connectivity index (χ2n) is 4.99. The average Bonchev–Trinajstić information content (AvgIpc) is 2.38. The first kappa shape index (κ1) is 18.4. The Morgan fingerprint density at radius 2 is 2.00 bits per heavy atom. The van der Waals surface area contributed by atoms with E-state index in [1.54, 1.807) is 0 Å². The van der Waals surface area contributed by atoms with Crippen LogP contribution in [0.15, 0.2) is 0 Å². The Kier molecular flexibility index (Phi) is 13.4. The third kappa shape index (κ3) is 12.2. The van der Waals surface area contributed by atoms with Crippen LogP contribution in [-0.4, -0.2) is 37.4 Å². The molecule has 0 saturated heterocycles. The van der Waals surface area contributed by atoms with E-state index >= 15 is 0 Å². The topological polar surface area (TPSA) is 58.6 Å². The number of hydrogen-bond acceptors (Lipinski definition) is 4. The third-order valence-electron chi connectivity index (χ3n) is 3.21. The summed E-state index contributed by atoms with van der Waals surface area (Å²) in [6.07, 6.45) is 6.85. The minimum Gasteiger partial charge on any atom is -0.466 e. The number of carbonyl (C=O) groups is 1. The maximum absolute atomic E-state index is 11.1. The van der Waals surface area contributed by atoms with Crippen LogP contribution in [0.4, 0.5) is 0 Å². The molecule has 0 saturated carbocycles. The molecule has 0 bridgehead atoms. The van der Waals surface area contributed by atoms with E-state index in [2.05, 4.69) is 12.2 Å². The van der Waals surface area contributed by atoms with E-state index in [9.17, 15) is 4.79 Å². The highest BCUT2D eigenvalue weighted by Gasteiger charge is 2.06. The van der Waals surface area contributed by atoms with Crippen molar-refractivity contribution < 1.29 is 14.6 Å². The van der Waals surface area contributed by atoms with E-state index in [1.165, 1.54) is 12.8 Å². The number of nitrogens with one attached hydrogen (secondary N) is 1. The van der Waals surface area contributed by atoms with Gasteiger partial charge in [-0.3, -0.25) is 4.79 Å². The number of carbonyl (C=O) groups excluding carboxylic acids is 1. The highest BCUT2D eigenvalue weighted by molar-refractivity contribution is 5.69. The molecule has 0 aliphatic heterocycles. The van der Waals surface area contributed by atoms with Crippen molar-refractivity contribution in [2.45, 2.75) is 58.8 Å². The first-order valence-electron chi connectivity index (χ1n) is 7.71. The molecule has 4 heteroatoms. The molecular formula is C15H31NO3. The fraction of sp³-hybridized carbons (Fsp3) is 0.933. The molecule has 0 spiro atoms. The Balaban J connectivity index is 3.35. The van der Waals surface area contributed by atoms with Crippen LogP contribution in [0.3, 0.4) is 0 Å². The monoisotopic (exact) mass is 273 g/mol. The quantitative estimate of drug-likeness (QED) is 0.400. The molecule has 19 heavy (non-hydrogen) atoms. The van der Waals surface area contributed by atoms with Gasteiger partial charge in [0.1, 0.15) is 0 Å². The number of aliphatic hydroxyl groups is 1. The van der Waals surface area contributed by atoms with Crippen LogP contribution in [0.25, 0.3) is 0 Å². The van der Waals surface area contributed by atoms with Gasteiger partial charge in [-0.05, 0) is 51.6 Å². The lowest BCUT2D eigenvalue weighted by Gasteiger charge is -2.15. The maximum Gasteiger partial charge on any atom is 0.305 e. The Morgan fingerprint density at radius 3 is 2.63 bits per heavy atom. The molecule has 114 valence electrons. The minimum absolute atomic E-state index is 0.0820. The minimum atomic E-state index is -0.0820. The number of ether oxygens (including phenoxy) is 1. The van der Waals surface area contributed by atoms with E-state index < -0.39 is 0 Å². The first-order chi connectivity index (χ1) is 9.24. The van der Waals surface area contributed by atoms with Gasteiger partial charge in [-0.1, -0.05) is 19.8 Å². The molecule has 0 aliphatic carbocycles. The van der Waals surface area contributed by atoms with Gasteiger partial charge >= 0.3 is 5.97 Å².